The highest BCUT2D eigenvalue weighted by Crippen LogP contribution is 2.34. The van der Waals surface area contributed by atoms with Crippen molar-refractivity contribution in [1.29, 1.82) is 0 Å². The molecule has 6 nitrogen and oxygen atoms in total. The minimum absolute atomic E-state index is 0.0944. The molecule has 0 bridgehead atoms. The average molecular weight is 234 g/mol. The summed E-state index contributed by atoms with van der Waals surface area (Å²) in [5.74, 6) is 0.626. The van der Waals surface area contributed by atoms with Crippen LogP contribution in [0.15, 0.2) is 22.7 Å². The summed E-state index contributed by atoms with van der Waals surface area (Å²) in [4.78, 5) is 11.0. The number of methoxy groups -OCH3 is 1. The van der Waals surface area contributed by atoms with Gasteiger partial charge in [-0.25, -0.2) is 0 Å². The van der Waals surface area contributed by atoms with E-state index < -0.39 is 0 Å². The number of rotatable bonds is 3. The van der Waals surface area contributed by atoms with E-state index in [1.54, 1.807) is 0 Å². The van der Waals surface area contributed by atoms with E-state index in [-0.39, 0.29) is 17.3 Å². The van der Waals surface area contributed by atoms with Gasteiger partial charge in [0.1, 0.15) is 0 Å². The number of hydrogen-bond donors (Lipinski definition) is 2. The molecule has 0 aliphatic carbocycles. The largest absolute Gasteiger partial charge is 0.504 e. The molecular weight excluding hydrogens is 224 g/mol. The Labute approximate surface area is 96.6 Å². The summed E-state index contributed by atoms with van der Waals surface area (Å²) < 4.78 is 9.84. The Morgan fingerprint density at radius 3 is 2.76 bits per heavy atom. The van der Waals surface area contributed by atoms with Crippen molar-refractivity contribution in [2.75, 3.05) is 12.8 Å². The van der Waals surface area contributed by atoms with Crippen LogP contribution >= 0.6 is 0 Å². The number of hydrogen-bond acceptors (Lipinski definition) is 6. The SMILES string of the molecule is COc1cc(C=O)c(-c2cc(N)no2)cc1O. The monoisotopic (exact) mass is 234 g/mol. The number of ether oxygens (including phenoxy) is 1. The van der Waals surface area contributed by atoms with Crippen molar-refractivity contribution in [3.8, 4) is 22.8 Å². The first kappa shape index (κ1) is 11.0. The molecule has 0 unspecified atom stereocenters. The molecule has 0 saturated carbocycles. The summed E-state index contributed by atoms with van der Waals surface area (Å²) >= 11 is 0. The number of carbonyl (C=O) groups is 1. The van der Waals surface area contributed by atoms with Gasteiger partial charge < -0.3 is 20.1 Å². The van der Waals surface area contributed by atoms with Crippen molar-refractivity contribution in [1.82, 2.24) is 5.16 Å². The molecule has 2 rings (SSSR count). The van der Waals surface area contributed by atoms with Gasteiger partial charge >= 0.3 is 0 Å². The van der Waals surface area contributed by atoms with Crippen LogP contribution in [0.5, 0.6) is 11.5 Å². The second kappa shape index (κ2) is 4.17. The number of carbonyl (C=O) groups excluding carboxylic acids is 1. The fourth-order valence-electron chi connectivity index (χ4n) is 1.47. The second-order valence-electron chi connectivity index (χ2n) is 3.35. The number of anilines is 1. The minimum Gasteiger partial charge on any atom is -0.504 e. The molecule has 0 saturated heterocycles. The Hall–Kier alpha value is -2.50. The summed E-state index contributed by atoms with van der Waals surface area (Å²) in [6.07, 6.45) is 0.635. The van der Waals surface area contributed by atoms with Crippen LogP contribution in [0.4, 0.5) is 5.82 Å². The summed E-state index contributed by atoms with van der Waals surface area (Å²) in [6.45, 7) is 0. The van der Waals surface area contributed by atoms with Crippen LogP contribution in [0.25, 0.3) is 11.3 Å². The van der Waals surface area contributed by atoms with Crippen molar-refractivity contribution in [2.45, 2.75) is 0 Å². The van der Waals surface area contributed by atoms with Gasteiger partial charge in [-0.2, -0.15) is 0 Å². The maximum atomic E-state index is 11.0. The van der Waals surface area contributed by atoms with E-state index in [0.717, 1.165) is 0 Å². The number of phenols is 1. The Bertz CT molecular complexity index is 563. The van der Waals surface area contributed by atoms with Crippen molar-refractivity contribution < 1.29 is 19.2 Å². The van der Waals surface area contributed by atoms with Gasteiger partial charge in [0.2, 0.25) is 0 Å². The van der Waals surface area contributed by atoms with Gasteiger partial charge in [0.05, 0.1) is 7.11 Å². The highest BCUT2D eigenvalue weighted by atomic mass is 16.5. The second-order valence-corrected chi connectivity index (χ2v) is 3.35. The third-order valence-corrected chi connectivity index (χ3v) is 2.27. The number of nitrogen functional groups attached to an aromatic ring is 1. The predicted octanol–water partition coefficient (Wildman–Crippen LogP) is 1.45. The molecular formula is C11H10N2O4. The number of aromatic nitrogens is 1. The lowest BCUT2D eigenvalue weighted by Crippen LogP contribution is -1.91. The summed E-state index contributed by atoms with van der Waals surface area (Å²) in [7, 11) is 1.40. The van der Waals surface area contributed by atoms with Crippen molar-refractivity contribution in [3.63, 3.8) is 0 Å². The van der Waals surface area contributed by atoms with Crippen molar-refractivity contribution in [3.05, 3.63) is 23.8 Å². The Balaban J connectivity index is 2.61. The zero-order valence-corrected chi connectivity index (χ0v) is 9.01. The zero-order valence-electron chi connectivity index (χ0n) is 9.01. The van der Waals surface area contributed by atoms with Crippen LogP contribution in [0, 0.1) is 0 Å². The number of benzene rings is 1. The summed E-state index contributed by atoms with van der Waals surface area (Å²) in [6, 6.07) is 4.24. The number of aldehydes is 1. The van der Waals surface area contributed by atoms with Crippen molar-refractivity contribution in [2.24, 2.45) is 0 Å². The minimum atomic E-state index is -0.0944. The maximum Gasteiger partial charge on any atom is 0.169 e. The Morgan fingerprint density at radius 1 is 1.47 bits per heavy atom. The molecule has 0 atom stereocenters. The van der Waals surface area contributed by atoms with Crippen LogP contribution in [-0.4, -0.2) is 23.7 Å². The first-order chi connectivity index (χ1) is 8.15. The van der Waals surface area contributed by atoms with Gasteiger partial charge in [-0.1, -0.05) is 5.16 Å². The fourth-order valence-corrected chi connectivity index (χ4v) is 1.47. The van der Waals surface area contributed by atoms with Gasteiger partial charge in [0, 0.05) is 17.2 Å². The molecule has 0 spiro atoms. The van der Waals surface area contributed by atoms with E-state index in [2.05, 4.69) is 5.16 Å². The molecule has 0 fully saturated rings. The lowest BCUT2D eigenvalue weighted by atomic mass is 10.1. The maximum absolute atomic E-state index is 11.0. The Kier molecular flexibility index (Phi) is 2.70. The number of phenolic OH excluding ortho intramolecular Hbond substituents is 1. The molecule has 6 heteroatoms. The highest BCUT2D eigenvalue weighted by Gasteiger charge is 2.14. The van der Waals surface area contributed by atoms with Crippen LogP contribution in [0.2, 0.25) is 0 Å². The molecule has 1 aromatic heterocycles. The van der Waals surface area contributed by atoms with Crippen LogP contribution in [-0.2, 0) is 0 Å². The average Bonchev–Trinajstić information content (AvgIpc) is 2.75. The first-order valence-electron chi connectivity index (χ1n) is 4.74. The number of nitrogens with two attached hydrogens (primary N) is 1. The third kappa shape index (κ3) is 1.92. The molecule has 0 aliphatic heterocycles. The Morgan fingerprint density at radius 2 is 2.24 bits per heavy atom. The topological polar surface area (TPSA) is 98.6 Å². The van der Waals surface area contributed by atoms with E-state index in [1.807, 2.05) is 0 Å². The predicted molar refractivity (Wildman–Crippen MR) is 60.0 cm³/mol. The lowest BCUT2D eigenvalue weighted by molar-refractivity contribution is 0.112. The standard InChI is InChI=1S/C11H10N2O4/c1-16-10-2-6(5-14)7(3-8(10)15)9-4-11(12)13-17-9/h2-5,15H,1H3,(H2,12,13). The lowest BCUT2D eigenvalue weighted by Gasteiger charge is -2.06. The van der Waals surface area contributed by atoms with Gasteiger partial charge in [-0.3, -0.25) is 4.79 Å². The van der Waals surface area contributed by atoms with Crippen molar-refractivity contribution >= 4 is 12.1 Å². The van der Waals surface area contributed by atoms with E-state index in [1.165, 1.54) is 25.3 Å². The van der Waals surface area contributed by atoms with Gasteiger partial charge in [-0.15, -0.1) is 0 Å². The number of aromatic hydroxyl groups is 1. The molecule has 3 N–H and O–H groups in total. The van der Waals surface area contributed by atoms with Gasteiger partial charge in [-0.05, 0) is 12.1 Å². The molecule has 1 heterocycles. The van der Waals surface area contributed by atoms with Crippen LogP contribution in [0.3, 0.4) is 0 Å². The normalized spacial score (nSPS) is 10.2. The molecule has 2 aromatic rings. The van der Waals surface area contributed by atoms with Crippen LogP contribution in [0.1, 0.15) is 10.4 Å². The molecule has 17 heavy (non-hydrogen) atoms. The molecule has 0 radical (unpaired) electrons. The highest BCUT2D eigenvalue weighted by molar-refractivity contribution is 5.88. The third-order valence-electron chi connectivity index (χ3n) is 2.27. The number of nitrogens with zero attached hydrogens (tertiary/aromatic N) is 1. The molecule has 88 valence electrons. The zero-order chi connectivity index (χ0) is 12.4. The molecule has 1 aromatic carbocycles. The summed E-state index contributed by atoms with van der Waals surface area (Å²) in [5.41, 5.74) is 6.14. The first-order valence-corrected chi connectivity index (χ1v) is 4.74. The smallest absolute Gasteiger partial charge is 0.169 e. The van der Waals surface area contributed by atoms with Gasteiger partial charge in [0.25, 0.3) is 0 Å². The molecule has 0 amide bonds. The van der Waals surface area contributed by atoms with E-state index >= 15 is 0 Å². The quantitative estimate of drug-likeness (QED) is 0.780. The van der Waals surface area contributed by atoms with Crippen LogP contribution < -0.4 is 10.5 Å². The molecule has 0 aliphatic rings. The van der Waals surface area contributed by atoms with E-state index in [9.17, 15) is 9.90 Å². The van der Waals surface area contributed by atoms with Gasteiger partial charge in [0.15, 0.2) is 29.4 Å². The summed E-state index contributed by atoms with van der Waals surface area (Å²) in [5, 5.41) is 13.2. The van der Waals surface area contributed by atoms with E-state index in [4.69, 9.17) is 15.0 Å². The fraction of sp³-hybridized carbons (Fsp3) is 0.0909. The van der Waals surface area contributed by atoms with E-state index in [0.29, 0.717) is 23.2 Å².